The molecule has 0 bridgehead atoms. The molecule has 0 unspecified atom stereocenters. The van der Waals surface area contributed by atoms with Crippen molar-refractivity contribution in [2.75, 3.05) is 19.6 Å². The van der Waals surface area contributed by atoms with Gasteiger partial charge in [-0.1, -0.05) is 23.8 Å². The Morgan fingerprint density at radius 2 is 1.84 bits per heavy atom. The highest BCUT2D eigenvalue weighted by atomic mass is 127. The first-order chi connectivity index (χ1) is 8.58. The lowest BCUT2D eigenvalue weighted by molar-refractivity contribution is 0.458. The van der Waals surface area contributed by atoms with Gasteiger partial charge in [0.1, 0.15) is 0 Å². The number of rotatable bonds is 5. The second-order valence-corrected chi connectivity index (χ2v) is 4.59. The molecule has 3 nitrogen and oxygen atoms in total. The van der Waals surface area contributed by atoms with E-state index in [1.54, 1.807) is 0 Å². The molecule has 2 N–H and O–H groups in total. The molecule has 0 heterocycles. The number of aryl methyl sites for hydroxylation is 2. The van der Waals surface area contributed by atoms with Crippen molar-refractivity contribution >= 4 is 29.9 Å². The fraction of sp³-hybridized carbons (Fsp3) is 0.533. The van der Waals surface area contributed by atoms with Gasteiger partial charge in [0.05, 0.1) is 0 Å². The second-order valence-electron chi connectivity index (χ2n) is 4.59. The van der Waals surface area contributed by atoms with Crippen molar-refractivity contribution in [1.82, 2.24) is 4.90 Å². The Balaban J connectivity index is 0.00000324. The van der Waals surface area contributed by atoms with E-state index >= 15 is 0 Å². The van der Waals surface area contributed by atoms with Gasteiger partial charge in [-0.3, -0.25) is 4.99 Å². The third kappa shape index (κ3) is 5.80. The van der Waals surface area contributed by atoms with Crippen LogP contribution in [0.25, 0.3) is 0 Å². The summed E-state index contributed by atoms with van der Waals surface area (Å²) < 4.78 is 0. The fourth-order valence-electron chi connectivity index (χ4n) is 2.06. The molecule has 1 aromatic rings. The van der Waals surface area contributed by atoms with Crippen molar-refractivity contribution in [2.24, 2.45) is 10.7 Å². The van der Waals surface area contributed by atoms with Gasteiger partial charge in [0, 0.05) is 19.6 Å². The average molecular weight is 375 g/mol. The molecule has 1 rings (SSSR count). The summed E-state index contributed by atoms with van der Waals surface area (Å²) in [6, 6.07) is 6.56. The first-order valence-electron chi connectivity index (χ1n) is 6.69. The molecule has 19 heavy (non-hydrogen) atoms. The minimum absolute atomic E-state index is 0. The maximum absolute atomic E-state index is 5.94. The first kappa shape index (κ1) is 18.2. The Labute approximate surface area is 134 Å². The van der Waals surface area contributed by atoms with Crippen molar-refractivity contribution < 1.29 is 0 Å². The van der Waals surface area contributed by atoms with Gasteiger partial charge in [-0.05, 0) is 45.2 Å². The van der Waals surface area contributed by atoms with E-state index in [2.05, 4.69) is 55.8 Å². The Morgan fingerprint density at radius 3 is 2.37 bits per heavy atom. The monoisotopic (exact) mass is 375 g/mol. The van der Waals surface area contributed by atoms with Crippen LogP contribution in [0.5, 0.6) is 0 Å². The first-order valence-corrected chi connectivity index (χ1v) is 6.69. The SMILES string of the molecule is CCN(CC)C(N)=NCCc1ccc(C)cc1C.I. The molecule has 0 saturated heterocycles. The minimum atomic E-state index is 0. The van der Waals surface area contributed by atoms with Gasteiger partial charge in [-0.25, -0.2) is 0 Å². The van der Waals surface area contributed by atoms with E-state index in [9.17, 15) is 0 Å². The van der Waals surface area contributed by atoms with E-state index in [0.29, 0.717) is 5.96 Å². The summed E-state index contributed by atoms with van der Waals surface area (Å²) in [7, 11) is 0. The number of guanidine groups is 1. The van der Waals surface area contributed by atoms with Crippen LogP contribution in [0.15, 0.2) is 23.2 Å². The van der Waals surface area contributed by atoms with Crippen LogP contribution in [-0.4, -0.2) is 30.5 Å². The predicted octanol–water partition coefficient (Wildman–Crippen LogP) is 3.12. The van der Waals surface area contributed by atoms with E-state index in [4.69, 9.17) is 5.73 Å². The normalized spacial score (nSPS) is 11.1. The number of halogens is 1. The highest BCUT2D eigenvalue weighted by molar-refractivity contribution is 14.0. The number of nitrogens with two attached hydrogens (primary N) is 1. The number of hydrogen-bond acceptors (Lipinski definition) is 1. The molecule has 0 atom stereocenters. The average Bonchev–Trinajstić information content (AvgIpc) is 2.33. The van der Waals surface area contributed by atoms with Crippen LogP contribution < -0.4 is 5.73 Å². The molecular weight excluding hydrogens is 349 g/mol. The summed E-state index contributed by atoms with van der Waals surface area (Å²) in [4.78, 5) is 6.52. The lowest BCUT2D eigenvalue weighted by Crippen LogP contribution is -2.37. The van der Waals surface area contributed by atoms with Crippen molar-refractivity contribution in [2.45, 2.75) is 34.1 Å². The van der Waals surface area contributed by atoms with Crippen LogP contribution in [0, 0.1) is 13.8 Å². The summed E-state index contributed by atoms with van der Waals surface area (Å²) in [5.74, 6) is 0.657. The number of hydrogen-bond donors (Lipinski definition) is 1. The van der Waals surface area contributed by atoms with E-state index in [1.807, 2.05) is 0 Å². The quantitative estimate of drug-likeness (QED) is 0.488. The predicted molar refractivity (Wildman–Crippen MR) is 94.4 cm³/mol. The van der Waals surface area contributed by atoms with Crippen LogP contribution in [-0.2, 0) is 6.42 Å². The third-order valence-electron chi connectivity index (χ3n) is 3.24. The largest absolute Gasteiger partial charge is 0.370 e. The number of benzene rings is 1. The van der Waals surface area contributed by atoms with E-state index in [-0.39, 0.29) is 24.0 Å². The number of nitrogens with zero attached hydrogens (tertiary/aromatic N) is 2. The zero-order chi connectivity index (χ0) is 13.5. The maximum atomic E-state index is 5.94. The molecule has 0 aliphatic heterocycles. The zero-order valence-electron chi connectivity index (χ0n) is 12.4. The van der Waals surface area contributed by atoms with Crippen molar-refractivity contribution in [3.8, 4) is 0 Å². The highest BCUT2D eigenvalue weighted by Crippen LogP contribution is 2.11. The lowest BCUT2D eigenvalue weighted by atomic mass is 10.0. The standard InChI is InChI=1S/C15H25N3.HI/c1-5-18(6-2)15(16)17-10-9-14-8-7-12(3)11-13(14)4;/h7-8,11H,5-6,9-10H2,1-4H3,(H2,16,17);1H. The van der Waals surface area contributed by atoms with E-state index in [1.165, 1.54) is 16.7 Å². The van der Waals surface area contributed by atoms with Gasteiger partial charge in [0.2, 0.25) is 0 Å². The van der Waals surface area contributed by atoms with Gasteiger partial charge in [0.25, 0.3) is 0 Å². The van der Waals surface area contributed by atoms with Gasteiger partial charge >= 0.3 is 0 Å². The zero-order valence-corrected chi connectivity index (χ0v) is 14.8. The molecule has 4 heteroatoms. The van der Waals surface area contributed by atoms with E-state index < -0.39 is 0 Å². The second kappa shape index (κ2) is 9.18. The van der Waals surface area contributed by atoms with Crippen LogP contribution in [0.1, 0.15) is 30.5 Å². The van der Waals surface area contributed by atoms with Crippen LogP contribution in [0.4, 0.5) is 0 Å². The van der Waals surface area contributed by atoms with Crippen LogP contribution in [0.3, 0.4) is 0 Å². The Morgan fingerprint density at radius 1 is 1.21 bits per heavy atom. The summed E-state index contributed by atoms with van der Waals surface area (Å²) in [5.41, 5.74) is 9.95. The molecule has 0 radical (unpaired) electrons. The van der Waals surface area contributed by atoms with Crippen molar-refractivity contribution in [1.29, 1.82) is 0 Å². The lowest BCUT2D eigenvalue weighted by Gasteiger charge is -2.19. The molecule has 1 aromatic carbocycles. The number of aliphatic imine (C=N–C) groups is 1. The van der Waals surface area contributed by atoms with Crippen LogP contribution >= 0.6 is 24.0 Å². The van der Waals surface area contributed by atoms with Gasteiger partial charge < -0.3 is 10.6 Å². The summed E-state index contributed by atoms with van der Waals surface area (Å²) in [6.07, 6.45) is 0.952. The van der Waals surface area contributed by atoms with Gasteiger partial charge in [0.15, 0.2) is 5.96 Å². The summed E-state index contributed by atoms with van der Waals surface area (Å²) in [5, 5.41) is 0. The van der Waals surface area contributed by atoms with Gasteiger partial charge in [-0.2, -0.15) is 0 Å². The molecular formula is C15H26IN3. The molecule has 0 saturated carbocycles. The maximum Gasteiger partial charge on any atom is 0.191 e. The van der Waals surface area contributed by atoms with Crippen molar-refractivity contribution in [3.63, 3.8) is 0 Å². The smallest absolute Gasteiger partial charge is 0.191 e. The van der Waals surface area contributed by atoms with Crippen molar-refractivity contribution in [3.05, 3.63) is 34.9 Å². The molecule has 0 aliphatic rings. The molecule has 0 aromatic heterocycles. The fourth-order valence-corrected chi connectivity index (χ4v) is 2.06. The molecule has 0 amide bonds. The Bertz CT molecular complexity index is 412. The minimum Gasteiger partial charge on any atom is -0.370 e. The summed E-state index contributed by atoms with van der Waals surface area (Å²) >= 11 is 0. The van der Waals surface area contributed by atoms with Gasteiger partial charge in [-0.15, -0.1) is 24.0 Å². The molecule has 0 fully saturated rings. The Hall–Kier alpha value is -0.780. The molecule has 0 aliphatic carbocycles. The van der Waals surface area contributed by atoms with E-state index in [0.717, 1.165) is 26.1 Å². The molecule has 0 spiro atoms. The molecule has 108 valence electrons. The highest BCUT2D eigenvalue weighted by Gasteiger charge is 2.02. The Kier molecular flexibility index (Phi) is 8.80. The summed E-state index contributed by atoms with van der Waals surface area (Å²) in [6.45, 7) is 11.0. The topological polar surface area (TPSA) is 41.6 Å². The third-order valence-corrected chi connectivity index (χ3v) is 3.24. The van der Waals surface area contributed by atoms with Crippen LogP contribution in [0.2, 0.25) is 0 Å².